The van der Waals surface area contributed by atoms with Crippen LogP contribution in [-0.4, -0.2) is 56.2 Å². The standard InChI is InChI=1S/C28H30ClN5O4S/c29-25-10-9-24(39-25)27(36)31-15-21-17-34(28(37)38-21)20-7-8-23(33-13-12-19(30)16-33)22(14-20)32-26(35)11-6-18-4-2-1-3-5-18/h1-5,7-10,14,19,21H,6,11-13,15-17,30H2,(H,31,36)(H,32,35). The molecule has 2 saturated heterocycles. The summed E-state index contributed by atoms with van der Waals surface area (Å²) < 4.78 is 6.04. The highest BCUT2D eigenvalue weighted by atomic mass is 35.5. The number of halogens is 1. The minimum Gasteiger partial charge on any atom is -0.442 e. The number of cyclic esters (lactones) is 1. The fraction of sp³-hybridized carbons (Fsp3) is 0.321. The molecule has 2 aromatic carbocycles. The molecule has 3 heterocycles. The maximum absolute atomic E-state index is 12.9. The van der Waals surface area contributed by atoms with Crippen LogP contribution >= 0.6 is 22.9 Å². The Morgan fingerprint density at radius 3 is 2.64 bits per heavy atom. The lowest BCUT2D eigenvalue weighted by Crippen LogP contribution is -2.34. The Morgan fingerprint density at radius 1 is 1.10 bits per heavy atom. The first-order chi connectivity index (χ1) is 18.9. The van der Waals surface area contributed by atoms with Crippen LogP contribution in [0, 0.1) is 0 Å². The first-order valence-electron chi connectivity index (χ1n) is 12.9. The number of nitrogens with one attached hydrogen (secondary N) is 2. The molecule has 3 aromatic rings. The number of carbonyl (C=O) groups is 3. The highest BCUT2D eigenvalue weighted by molar-refractivity contribution is 7.18. The SMILES string of the molecule is NC1CCN(c2ccc(N3CC(CNC(=O)c4ccc(Cl)s4)OC3=O)cc2NC(=O)CCc2ccccc2)C1. The summed E-state index contributed by atoms with van der Waals surface area (Å²) in [5, 5.41) is 5.85. The van der Waals surface area contributed by atoms with Crippen LogP contribution in [0.25, 0.3) is 0 Å². The zero-order valence-electron chi connectivity index (χ0n) is 21.3. The van der Waals surface area contributed by atoms with Gasteiger partial charge in [0, 0.05) is 31.2 Å². The van der Waals surface area contributed by atoms with E-state index in [1.165, 1.54) is 16.2 Å². The predicted octanol–water partition coefficient (Wildman–Crippen LogP) is 4.27. The van der Waals surface area contributed by atoms with Gasteiger partial charge in [-0.1, -0.05) is 41.9 Å². The molecule has 2 unspecified atom stereocenters. The third kappa shape index (κ3) is 6.70. The summed E-state index contributed by atoms with van der Waals surface area (Å²) in [5.74, 6) is -0.380. The van der Waals surface area contributed by atoms with Gasteiger partial charge < -0.3 is 26.0 Å². The van der Waals surface area contributed by atoms with Crippen molar-refractivity contribution < 1.29 is 19.1 Å². The Bertz CT molecular complexity index is 1350. The van der Waals surface area contributed by atoms with Gasteiger partial charge in [0.2, 0.25) is 5.91 Å². The number of rotatable bonds is 9. The van der Waals surface area contributed by atoms with Gasteiger partial charge in [-0.05, 0) is 48.7 Å². The highest BCUT2D eigenvalue weighted by Crippen LogP contribution is 2.34. The van der Waals surface area contributed by atoms with Crippen molar-refractivity contribution >= 4 is 57.9 Å². The Labute approximate surface area is 235 Å². The van der Waals surface area contributed by atoms with Crippen molar-refractivity contribution in [2.24, 2.45) is 5.73 Å². The molecule has 204 valence electrons. The Morgan fingerprint density at radius 2 is 1.92 bits per heavy atom. The number of nitrogens with two attached hydrogens (primary N) is 1. The number of thiophene rings is 1. The quantitative estimate of drug-likeness (QED) is 0.356. The second kappa shape index (κ2) is 12.1. The molecule has 0 aliphatic carbocycles. The van der Waals surface area contributed by atoms with Gasteiger partial charge in [0.25, 0.3) is 5.91 Å². The largest absolute Gasteiger partial charge is 0.442 e. The van der Waals surface area contributed by atoms with E-state index in [-0.39, 0.29) is 30.9 Å². The van der Waals surface area contributed by atoms with Crippen molar-refractivity contribution in [1.29, 1.82) is 0 Å². The molecule has 0 bridgehead atoms. The minimum absolute atomic E-state index is 0.0704. The molecule has 2 aliphatic heterocycles. The van der Waals surface area contributed by atoms with Gasteiger partial charge in [0.1, 0.15) is 6.10 Å². The molecule has 11 heteroatoms. The van der Waals surface area contributed by atoms with Crippen molar-refractivity contribution in [2.45, 2.75) is 31.4 Å². The van der Waals surface area contributed by atoms with Gasteiger partial charge in [0.15, 0.2) is 0 Å². The number of amides is 3. The van der Waals surface area contributed by atoms with Crippen LogP contribution in [-0.2, 0) is 16.0 Å². The zero-order chi connectivity index (χ0) is 27.4. The lowest BCUT2D eigenvalue weighted by molar-refractivity contribution is -0.116. The van der Waals surface area contributed by atoms with Gasteiger partial charge in [-0.25, -0.2) is 4.79 Å². The molecule has 0 radical (unpaired) electrons. The van der Waals surface area contributed by atoms with E-state index in [1.54, 1.807) is 18.2 Å². The van der Waals surface area contributed by atoms with Crippen molar-refractivity contribution in [3.05, 3.63) is 75.4 Å². The smallest absolute Gasteiger partial charge is 0.414 e. The zero-order valence-corrected chi connectivity index (χ0v) is 22.8. The normalized spacial score (nSPS) is 18.8. The Balaban J connectivity index is 1.27. The molecular weight excluding hydrogens is 538 g/mol. The molecule has 9 nitrogen and oxygen atoms in total. The van der Waals surface area contributed by atoms with E-state index in [2.05, 4.69) is 15.5 Å². The fourth-order valence-electron chi connectivity index (χ4n) is 4.76. The molecule has 4 N–H and O–H groups in total. The minimum atomic E-state index is -0.517. The summed E-state index contributed by atoms with van der Waals surface area (Å²) in [5.41, 5.74) is 9.32. The van der Waals surface area contributed by atoms with Crippen LogP contribution in [0.15, 0.2) is 60.7 Å². The van der Waals surface area contributed by atoms with Gasteiger partial charge in [-0.15, -0.1) is 11.3 Å². The first kappa shape index (κ1) is 27.0. The third-order valence-electron chi connectivity index (χ3n) is 6.78. The van der Waals surface area contributed by atoms with E-state index >= 15 is 0 Å². The predicted molar refractivity (Wildman–Crippen MR) is 154 cm³/mol. The van der Waals surface area contributed by atoms with Gasteiger partial charge in [0.05, 0.1) is 33.7 Å². The molecule has 1 aromatic heterocycles. The van der Waals surface area contributed by atoms with Crippen LogP contribution in [0.2, 0.25) is 4.34 Å². The third-order valence-corrected chi connectivity index (χ3v) is 8.01. The summed E-state index contributed by atoms with van der Waals surface area (Å²) in [6.45, 7) is 1.91. The molecular formula is C28H30ClN5O4S. The molecule has 5 rings (SSSR count). The number of ether oxygens (including phenoxy) is 1. The Hall–Kier alpha value is -3.60. The van der Waals surface area contributed by atoms with Crippen molar-refractivity contribution in [2.75, 3.05) is 41.3 Å². The number of hydrogen-bond donors (Lipinski definition) is 3. The summed E-state index contributed by atoms with van der Waals surface area (Å²) in [6, 6.07) is 18.8. The number of aryl methyl sites for hydroxylation is 1. The summed E-state index contributed by atoms with van der Waals surface area (Å²) in [7, 11) is 0. The van der Waals surface area contributed by atoms with E-state index in [0.717, 1.165) is 24.2 Å². The van der Waals surface area contributed by atoms with E-state index in [0.29, 0.717) is 40.0 Å². The van der Waals surface area contributed by atoms with Crippen LogP contribution in [0.1, 0.15) is 28.1 Å². The maximum Gasteiger partial charge on any atom is 0.414 e. The molecule has 0 saturated carbocycles. The second-order valence-corrected chi connectivity index (χ2v) is 11.4. The molecule has 39 heavy (non-hydrogen) atoms. The first-order valence-corrected chi connectivity index (χ1v) is 14.0. The van der Waals surface area contributed by atoms with E-state index < -0.39 is 12.2 Å². The molecule has 2 fully saturated rings. The number of carbonyl (C=O) groups excluding carboxylic acids is 3. The maximum atomic E-state index is 12.9. The van der Waals surface area contributed by atoms with E-state index in [4.69, 9.17) is 22.1 Å². The lowest BCUT2D eigenvalue weighted by atomic mass is 10.1. The van der Waals surface area contributed by atoms with Crippen LogP contribution < -0.4 is 26.2 Å². The van der Waals surface area contributed by atoms with Gasteiger partial charge >= 0.3 is 6.09 Å². The summed E-state index contributed by atoms with van der Waals surface area (Å²) in [4.78, 5) is 42.2. The van der Waals surface area contributed by atoms with Crippen molar-refractivity contribution in [1.82, 2.24) is 5.32 Å². The second-order valence-electron chi connectivity index (χ2n) is 9.66. The molecule has 2 aliphatic rings. The number of benzene rings is 2. The van der Waals surface area contributed by atoms with Crippen LogP contribution in [0.4, 0.5) is 21.9 Å². The number of nitrogens with zero attached hydrogens (tertiary/aromatic N) is 2. The number of anilines is 3. The lowest BCUT2D eigenvalue weighted by Gasteiger charge is -2.24. The Kier molecular flexibility index (Phi) is 8.35. The summed E-state index contributed by atoms with van der Waals surface area (Å²) >= 11 is 7.10. The van der Waals surface area contributed by atoms with Gasteiger partial charge in [-0.2, -0.15) is 0 Å². The van der Waals surface area contributed by atoms with Crippen molar-refractivity contribution in [3.8, 4) is 0 Å². The monoisotopic (exact) mass is 567 g/mol. The topological polar surface area (TPSA) is 117 Å². The van der Waals surface area contributed by atoms with Crippen LogP contribution in [0.3, 0.4) is 0 Å². The molecule has 0 spiro atoms. The average molecular weight is 568 g/mol. The number of hydrogen-bond acceptors (Lipinski definition) is 7. The highest BCUT2D eigenvalue weighted by Gasteiger charge is 2.33. The molecule has 3 amide bonds. The van der Waals surface area contributed by atoms with Crippen molar-refractivity contribution in [3.63, 3.8) is 0 Å². The average Bonchev–Trinajstić information content (AvgIpc) is 3.66. The van der Waals surface area contributed by atoms with E-state index in [1.807, 2.05) is 42.5 Å². The van der Waals surface area contributed by atoms with E-state index in [9.17, 15) is 14.4 Å². The van der Waals surface area contributed by atoms with Gasteiger partial charge in [-0.3, -0.25) is 14.5 Å². The summed E-state index contributed by atoms with van der Waals surface area (Å²) in [6.07, 6.45) is 0.797. The molecule has 2 atom stereocenters. The van der Waals surface area contributed by atoms with Crippen LogP contribution in [0.5, 0.6) is 0 Å². The fourth-order valence-corrected chi connectivity index (χ4v) is 5.72.